The third-order valence-electron chi connectivity index (χ3n) is 4.45. The third-order valence-corrected chi connectivity index (χ3v) is 4.45. The smallest absolute Gasteiger partial charge is 0.229 e. The fraction of sp³-hybridized carbons (Fsp3) is 0.438. The van der Waals surface area contributed by atoms with Gasteiger partial charge in [0, 0.05) is 26.2 Å². The second-order valence-electron chi connectivity index (χ2n) is 6.19. The van der Waals surface area contributed by atoms with Crippen molar-refractivity contribution in [1.29, 1.82) is 0 Å². The van der Waals surface area contributed by atoms with E-state index >= 15 is 0 Å². The predicted molar refractivity (Wildman–Crippen MR) is 87.4 cm³/mol. The summed E-state index contributed by atoms with van der Waals surface area (Å²) in [5.74, 6) is 1.09. The number of hydrogen-bond acceptors (Lipinski definition) is 5. The van der Waals surface area contributed by atoms with Crippen LogP contribution in [-0.4, -0.2) is 57.7 Å². The molecule has 0 spiro atoms. The minimum atomic E-state index is -0.266. The van der Waals surface area contributed by atoms with Crippen LogP contribution in [0.4, 0.5) is 10.3 Å². The first-order chi connectivity index (χ1) is 11.0. The summed E-state index contributed by atoms with van der Waals surface area (Å²) in [6.45, 7) is 7.26. The van der Waals surface area contributed by atoms with E-state index in [1.807, 2.05) is 13.0 Å². The monoisotopic (exact) mass is 314 g/mol. The van der Waals surface area contributed by atoms with Crippen molar-refractivity contribution in [3.63, 3.8) is 0 Å². The Morgan fingerprint density at radius 3 is 2.52 bits per heavy atom. The molecule has 23 heavy (non-hydrogen) atoms. The quantitative estimate of drug-likeness (QED) is 0.685. The minimum absolute atomic E-state index is 0.266. The van der Waals surface area contributed by atoms with E-state index in [1.54, 1.807) is 17.5 Å². The highest BCUT2D eigenvalue weighted by molar-refractivity contribution is 5.93. The number of rotatable bonds is 1. The summed E-state index contributed by atoms with van der Waals surface area (Å²) in [6.07, 6.45) is 0. The maximum absolute atomic E-state index is 14.6. The Hall–Kier alpha value is -2.28. The Labute approximate surface area is 133 Å². The number of benzene rings is 1. The van der Waals surface area contributed by atoms with Gasteiger partial charge in [-0.25, -0.2) is 14.4 Å². The van der Waals surface area contributed by atoms with E-state index in [-0.39, 0.29) is 5.82 Å². The van der Waals surface area contributed by atoms with Gasteiger partial charge >= 0.3 is 0 Å². The molecule has 1 fully saturated rings. The fourth-order valence-electron chi connectivity index (χ4n) is 3.06. The molecule has 2 aromatic heterocycles. The standard InChI is InChI=1S/C16H19FN6/c1-10-4-5-12-13(14(10)17)15-18-11(2)20-23(15)16(19-12)22-8-6-21(3)7-9-22/h4-5H,6-9H2,1-3H3. The van der Waals surface area contributed by atoms with Crippen molar-refractivity contribution in [3.05, 3.63) is 29.3 Å². The van der Waals surface area contributed by atoms with Gasteiger partial charge in [0.1, 0.15) is 11.6 Å². The number of aryl methyl sites for hydroxylation is 2. The molecule has 0 N–H and O–H groups in total. The van der Waals surface area contributed by atoms with Crippen molar-refractivity contribution in [1.82, 2.24) is 24.5 Å². The summed E-state index contributed by atoms with van der Waals surface area (Å²) >= 11 is 0. The Bertz CT molecular complexity index is 895. The zero-order valence-electron chi connectivity index (χ0n) is 13.5. The summed E-state index contributed by atoms with van der Waals surface area (Å²) in [6, 6.07) is 3.62. The number of fused-ring (bicyclic) bond motifs is 3. The second-order valence-corrected chi connectivity index (χ2v) is 6.19. The maximum atomic E-state index is 14.6. The molecule has 0 bridgehead atoms. The van der Waals surface area contributed by atoms with Gasteiger partial charge in [-0.3, -0.25) is 0 Å². The number of anilines is 1. The van der Waals surface area contributed by atoms with Gasteiger partial charge in [-0.15, -0.1) is 5.10 Å². The van der Waals surface area contributed by atoms with Crippen LogP contribution in [0.1, 0.15) is 11.4 Å². The van der Waals surface area contributed by atoms with Gasteiger partial charge in [-0.2, -0.15) is 4.52 Å². The van der Waals surface area contributed by atoms with Crippen molar-refractivity contribution < 1.29 is 4.39 Å². The van der Waals surface area contributed by atoms with E-state index in [0.717, 1.165) is 32.1 Å². The van der Waals surface area contributed by atoms with E-state index in [1.165, 1.54) is 0 Å². The molecular weight excluding hydrogens is 295 g/mol. The summed E-state index contributed by atoms with van der Waals surface area (Å²) in [4.78, 5) is 13.6. The van der Waals surface area contributed by atoms with Gasteiger partial charge in [0.15, 0.2) is 5.65 Å². The normalized spacial score (nSPS) is 16.6. The van der Waals surface area contributed by atoms with Gasteiger partial charge in [0.05, 0.1) is 10.9 Å². The molecule has 1 aliphatic heterocycles. The van der Waals surface area contributed by atoms with Gasteiger partial charge in [-0.1, -0.05) is 6.07 Å². The molecule has 4 rings (SSSR count). The van der Waals surface area contributed by atoms with Crippen LogP contribution in [0.5, 0.6) is 0 Å². The van der Waals surface area contributed by atoms with Gasteiger partial charge < -0.3 is 9.80 Å². The van der Waals surface area contributed by atoms with E-state index in [2.05, 4.69) is 26.9 Å². The van der Waals surface area contributed by atoms with Gasteiger partial charge in [-0.05, 0) is 32.5 Å². The zero-order chi connectivity index (χ0) is 16.1. The van der Waals surface area contributed by atoms with Crippen LogP contribution in [0.15, 0.2) is 12.1 Å². The van der Waals surface area contributed by atoms with Crippen molar-refractivity contribution in [2.45, 2.75) is 13.8 Å². The largest absolute Gasteiger partial charge is 0.338 e. The van der Waals surface area contributed by atoms with E-state index in [0.29, 0.717) is 27.9 Å². The van der Waals surface area contributed by atoms with Gasteiger partial charge in [0.25, 0.3) is 0 Å². The molecule has 0 aliphatic carbocycles. The number of aromatic nitrogens is 4. The molecule has 1 saturated heterocycles. The molecule has 0 atom stereocenters. The lowest BCUT2D eigenvalue weighted by Crippen LogP contribution is -2.45. The second kappa shape index (κ2) is 5.13. The van der Waals surface area contributed by atoms with Crippen LogP contribution in [0.3, 0.4) is 0 Å². The SMILES string of the molecule is Cc1nc2c3c(F)c(C)ccc3nc(N3CCN(C)CC3)n2n1. The van der Waals surface area contributed by atoms with Gasteiger partial charge in [0.2, 0.25) is 5.95 Å². The number of halogens is 1. The average Bonchev–Trinajstić information content (AvgIpc) is 2.92. The van der Waals surface area contributed by atoms with E-state index in [4.69, 9.17) is 4.98 Å². The Morgan fingerprint density at radius 2 is 1.78 bits per heavy atom. The molecule has 1 aromatic carbocycles. The number of hydrogen-bond donors (Lipinski definition) is 0. The maximum Gasteiger partial charge on any atom is 0.229 e. The molecule has 120 valence electrons. The summed E-state index contributed by atoms with van der Waals surface area (Å²) < 4.78 is 16.3. The van der Waals surface area contributed by atoms with E-state index in [9.17, 15) is 4.39 Å². The van der Waals surface area contributed by atoms with Crippen molar-refractivity contribution in [2.75, 3.05) is 38.1 Å². The highest BCUT2D eigenvalue weighted by Gasteiger charge is 2.22. The molecule has 0 unspecified atom stereocenters. The van der Waals surface area contributed by atoms with Crippen LogP contribution in [-0.2, 0) is 0 Å². The fourth-order valence-corrected chi connectivity index (χ4v) is 3.06. The third kappa shape index (κ3) is 2.23. The van der Waals surface area contributed by atoms with Crippen molar-refractivity contribution in [2.24, 2.45) is 0 Å². The highest BCUT2D eigenvalue weighted by Crippen LogP contribution is 2.27. The molecule has 0 amide bonds. The molecule has 0 radical (unpaired) electrons. The Kier molecular flexibility index (Phi) is 3.19. The molecular formula is C16H19FN6. The number of nitrogens with zero attached hydrogens (tertiary/aromatic N) is 6. The minimum Gasteiger partial charge on any atom is -0.338 e. The molecule has 3 aromatic rings. The molecule has 0 saturated carbocycles. The van der Waals surface area contributed by atoms with Crippen LogP contribution in [0.2, 0.25) is 0 Å². The highest BCUT2D eigenvalue weighted by atomic mass is 19.1. The topological polar surface area (TPSA) is 49.6 Å². The molecule has 7 heteroatoms. The summed E-state index contributed by atoms with van der Waals surface area (Å²) in [5.41, 5.74) is 1.76. The lowest BCUT2D eigenvalue weighted by atomic mass is 10.1. The van der Waals surface area contributed by atoms with E-state index < -0.39 is 0 Å². The first-order valence-corrected chi connectivity index (χ1v) is 7.80. The zero-order valence-corrected chi connectivity index (χ0v) is 13.5. The molecule has 3 heterocycles. The number of piperazine rings is 1. The van der Waals surface area contributed by atoms with Crippen molar-refractivity contribution in [3.8, 4) is 0 Å². The lowest BCUT2D eigenvalue weighted by Gasteiger charge is -2.33. The first-order valence-electron chi connectivity index (χ1n) is 7.80. The van der Waals surface area contributed by atoms with Crippen molar-refractivity contribution >= 4 is 22.5 Å². The first kappa shape index (κ1) is 14.3. The predicted octanol–water partition coefficient (Wildman–Crippen LogP) is 1.79. The summed E-state index contributed by atoms with van der Waals surface area (Å²) in [5, 5.41) is 4.90. The van der Waals surface area contributed by atoms with Crippen LogP contribution in [0.25, 0.3) is 16.6 Å². The molecule has 6 nitrogen and oxygen atoms in total. The lowest BCUT2D eigenvalue weighted by molar-refractivity contribution is 0.310. The Morgan fingerprint density at radius 1 is 1.04 bits per heavy atom. The van der Waals surface area contributed by atoms with Crippen LogP contribution in [0, 0.1) is 19.7 Å². The summed E-state index contributed by atoms with van der Waals surface area (Å²) in [7, 11) is 2.11. The average molecular weight is 314 g/mol. The van der Waals surface area contributed by atoms with Crippen LogP contribution < -0.4 is 4.90 Å². The Balaban J connectivity index is 1.99. The molecule has 1 aliphatic rings. The number of likely N-dealkylation sites (N-methyl/N-ethyl adjacent to an activating group) is 1. The van der Waals surface area contributed by atoms with Crippen LogP contribution >= 0.6 is 0 Å².